The van der Waals surface area contributed by atoms with E-state index in [-0.39, 0.29) is 12.6 Å². The van der Waals surface area contributed by atoms with Crippen molar-refractivity contribution in [3.8, 4) is 0 Å². The number of nitrogens with zero attached hydrogens (tertiary/aromatic N) is 4. The molecule has 0 saturated carbocycles. The summed E-state index contributed by atoms with van der Waals surface area (Å²) in [5, 5.41) is 16.2. The number of hydrogen-bond acceptors (Lipinski definition) is 4. The second kappa shape index (κ2) is 7.95. The van der Waals surface area contributed by atoms with Gasteiger partial charge in [-0.3, -0.25) is 14.6 Å². The minimum atomic E-state index is 0.0431. The minimum Gasteiger partial charge on any atom is -0.395 e. The second-order valence-corrected chi connectivity index (χ2v) is 6.58. The summed E-state index contributed by atoms with van der Waals surface area (Å²) < 4.78 is 1.86. The number of aliphatic hydroxyl groups is 1. The summed E-state index contributed by atoms with van der Waals surface area (Å²) in [5.41, 5.74) is 2.91. The molecule has 0 aliphatic heterocycles. The average molecular weight is 359 g/mol. The number of aryl methyl sites for hydroxylation is 1. The van der Waals surface area contributed by atoms with Crippen molar-refractivity contribution in [1.29, 1.82) is 0 Å². The van der Waals surface area contributed by atoms with Crippen LogP contribution in [0.4, 0.5) is 0 Å². The second-order valence-electron chi connectivity index (χ2n) is 6.17. The molecule has 0 aliphatic rings. The summed E-state index contributed by atoms with van der Waals surface area (Å²) in [6.07, 6.45) is 2.64. The van der Waals surface area contributed by atoms with Gasteiger partial charge >= 0.3 is 0 Å². The molecule has 1 N–H and O–H groups in total. The standard InChI is InChI=1S/C19H23ClN4O/c1-3-15(13-25)24(11-14-7-4-5-10-21-14)12-17-19-16(20)8-6-9-18(19)23(2)22-17/h4-10,15,25H,3,11-13H2,1-2H3/t15-/m1/s1. The zero-order valence-electron chi connectivity index (χ0n) is 14.6. The summed E-state index contributed by atoms with van der Waals surface area (Å²) in [4.78, 5) is 6.64. The Hall–Kier alpha value is -1.95. The zero-order valence-corrected chi connectivity index (χ0v) is 15.3. The topological polar surface area (TPSA) is 54.2 Å². The van der Waals surface area contributed by atoms with Gasteiger partial charge in [-0.05, 0) is 30.7 Å². The van der Waals surface area contributed by atoms with E-state index in [1.807, 2.05) is 48.1 Å². The molecule has 0 radical (unpaired) electrons. The largest absolute Gasteiger partial charge is 0.395 e. The van der Waals surface area contributed by atoms with Gasteiger partial charge in [0.15, 0.2) is 0 Å². The highest BCUT2D eigenvalue weighted by atomic mass is 35.5. The summed E-state index contributed by atoms with van der Waals surface area (Å²) >= 11 is 6.43. The summed E-state index contributed by atoms with van der Waals surface area (Å²) in [6, 6.07) is 11.8. The maximum atomic E-state index is 9.81. The van der Waals surface area contributed by atoms with Gasteiger partial charge in [0.1, 0.15) is 0 Å². The van der Waals surface area contributed by atoms with E-state index < -0.39 is 0 Å². The summed E-state index contributed by atoms with van der Waals surface area (Å²) in [5.74, 6) is 0. The van der Waals surface area contributed by atoms with E-state index in [1.165, 1.54) is 0 Å². The number of benzene rings is 1. The van der Waals surface area contributed by atoms with Gasteiger partial charge < -0.3 is 5.11 Å². The fraction of sp³-hybridized carbons (Fsp3) is 0.368. The predicted octanol–water partition coefficient (Wildman–Crippen LogP) is 3.39. The maximum absolute atomic E-state index is 9.81. The van der Waals surface area contributed by atoms with Gasteiger partial charge in [-0.25, -0.2) is 0 Å². The van der Waals surface area contributed by atoms with Gasteiger partial charge in [0.25, 0.3) is 0 Å². The van der Waals surface area contributed by atoms with Crippen LogP contribution in [-0.4, -0.2) is 37.4 Å². The highest BCUT2D eigenvalue weighted by Gasteiger charge is 2.21. The van der Waals surface area contributed by atoms with E-state index in [2.05, 4.69) is 21.9 Å². The predicted molar refractivity (Wildman–Crippen MR) is 100 cm³/mol. The Morgan fingerprint density at radius 1 is 1.20 bits per heavy atom. The molecule has 6 heteroatoms. The molecular formula is C19H23ClN4O. The fourth-order valence-electron chi connectivity index (χ4n) is 3.17. The number of aromatic nitrogens is 3. The first-order chi connectivity index (χ1) is 12.1. The van der Waals surface area contributed by atoms with Crippen molar-refractivity contribution in [1.82, 2.24) is 19.7 Å². The molecule has 0 saturated heterocycles. The molecule has 25 heavy (non-hydrogen) atoms. The highest BCUT2D eigenvalue weighted by molar-refractivity contribution is 6.35. The van der Waals surface area contributed by atoms with Crippen molar-refractivity contribution in [2.75, 3.05) is 6.61 Å². The van der Waals surface area contributed by atoms with E-state index in [1.54, 1.807) is 6.20 Å². The Morgan fingerprint density at radius 2 is 2.04 bits per heavy atom. The SMILES string of the molecule is CC[C@H](CO)N(Cc1ccccn1)Cc1nn(C)c2cccc(Cl)c12. The minimum absolute atomic E-state index is 0.0431. The quantitative estimate of drug-likeness (QED) is 0.703. The lowest BCUT2D eigenvalue weighted by Crippen LogP contribution is -2.37. The molecule has 3 aromatic rings. The molecule has 0 fully saturated rings. The monoisotopic (exact) mass is 358 g/mol. The smallest absolute Gasteiger partial charge is 0.0858 e. The van der Waals surface area contributed by atoms with Crippen LogP contribution in [0.25, 0.3) is 10.9 Å². The van der Waals surface area contributed by atoms with Crippen LogP contribution in [-0.2, 0) is 20.1 Å². The van der Waals surface area contributed by atoms with Crippen LogP contribution in [0.5, 0.6) is 0 Å². The molecule has 2 heterocycles. The number of pyridine rings is 1. The third-order valence-corrected chi connectivity index (χ3v) is 4.86. The molecule has 132 valence electrons. The molecule has 3 rings (SSSR count). The molecule has 1 atom stereocenters. The highest BCUT2D eigenvalue weighted by Crippen LogP contribution is 2.28. The third-order valence-electron chi connectivity index (χ3n) is 4.54. The van der Waals surface area contributed by atoms with E-state index in [0.717, 1.165) is 28.7 Å². The Labute approximate surface area is 152 Å². The van der Waals surface area contributed by atoms with Gasteiger partial charge in [-0.15, -0.1) is 0 Å². The molecule has 5 nitrogen and oxygen atoms in total. The Bertz CT molecular complexity index is 830. The van der Waals surface area contributed by atoms with Crippen LogP contribution in [0.2, 0.25) is 5.02 Å². The molecule has 0 unspecified atom stereocenters. The van der Waals surface area contributed by atoms with Gasteiger partial charge in [-0.2, -0.15) is 5.10 Å². The zero-order chi connectivity index (χ0) is 17.8. The lowest BCUT2D eigenvalue weighted by Gasteiger charge is -2.29. The summed E-state index contributed by atoms with van der Waals surface area (Å²) in [7, 11) is 1.93. The molecular weight excluding hydrogens is 336 g/mol. The van der Waals surface area contributed by atoms with Gasteiger partial charge in [-0.1, -0.05) is 30.7 Å². The molecule has 1 aromatic carbocycles. The van der Waals surface area contributed by atoms with E-state index in [0.29, 0.717) is 18.1 Å². The van der Waals surface area contributed by atoms with Crippen LogP contribution < -0.4 is 0 Å². The number of halogens is 1. The summed E-state index contributed by atoms with van der Waals surface area (Å²) in [6.45, 7) is 3.44. The van der Waals surface area contributed by atoms with E-state index in [9.17, 15) is 5.11 Å². The van der Waals surface area contributed by atoms with Crippen LogP contribution in [0.3, 0.4) is 0 Å². The fourth-order valence-corrected chi connectivity index (χ4v) is 3.45. The number of fused-ring (bicyclic) bond motifs is 1. The molecule has 0 spiro atoms. The first-order valence-corrected chi connectivity index (χ1v) is 8.86. The Morgan fingerprint density at radius 3 is 2.72 bits per heavy atom. The Balaban J connectivity index is 1.95. The average Bonchev–Trinajstić information content (AvgIpc) is 2.94. The van der Waals surface area contributed by atoms with Crippen molar-refractivity contribution in [2.45, 2.75) is 32.5 Å². The van der Waals surface area contributed by atoms with Crippen LogP contribution in [0.1, 0.15) is 24.7 Å². The normalized spacial score (nSPS) is 12.8. The van der Waals surface area contributed by atoms with Crippen LogP contribution in [0.15, 0.2) is 42.6 Å². The van der Waals surface area contributed by atoms with E-state index in [4.69, 9.17) is 11.6 Å². The maximum Gasteiger partial charge on any atom is 0.0858 e. The van der Waals surface area contributed by atoms with Gasteiger partial charge in [0.05, 0.1) is 28.5 Å². The number of aliphatic hydroxyl groups excluding tert-OH is 1. The molecule has 2 aromatic heterocycles. The lowest BCUT2D eigenvalue weighted by molar-refractivity contribution is 0.104. The third kappa shape index (κ3) is 3.84. The van der Waals surface area contributed by atoms with Gasteiger partial charge in [0, 0.05) is 37.8 Å². The van der Waals surface area contributed by atoms with Crippen molar-refractivity contribution in [2.24, 2.45) is 7.05 Å². The molecule has 0 amide bonds. The van der Waals surface area contributed by atoms with Gasteiger partial charge in [0.2, 0.25) is 0 Å². The number of rotatable bonds is 7. The van der Waals surface area contributed by atoms with Crippen LogP contribution >= 0.6 is 11.6 Å². The van der Waals surface area contributed by atoms with Crippen molar-refractivity contribution >= 4 is 22.5 Å². The number of hydrogen-bond donors (Lipinski definition) is 1. The van der Waals surface area contributed by atoms with Crippen molar-refractivity contribution < 1.29 is 5.11 Å². The first-order valence-electron chi connectivity index (χ1n) is 8.49. The molecule has 0 bridgehead atoms. The van der Waals surface area contributed by atoms with Crippen LogP contribution in [0, 0.1) is 0 Å². The Kier molecular flexibility index (Phi) is 5.68. The first kappa shape index (κ1) is 17.9. The van der Waals surface area contributed by atoms with Crippen molar-refractivity contribution in [3.05, 3.63) is 59.0 Å². The molecule has 0 aliphatic carbocycles. The van der Waals surface area contributed by atoms with Crippen molar-refractivity contribution in [3.63, 3.8) is 0 Å². The van der Waals surface area contributed by atoms with E-state index >= 15 is 0 Å². The lowest BCUT2D eigenvalue weighted by atomic mass is 10.1.